The molecule has 2 aromatic heterocycles. The summed E-state index contributed by atoms with van der Waals surface area (Å²) in [5.41, 5.74) is 5.39. The van der Waals surface area contributed by atoms with Gasteiger partial charge in [-0.3, -0.25) is 4.40 Å². The first kappa shape index (κ1) is 16.1. The minimum atomic E-state index is 0.657. The van der Waals surface area contributed by atoms with Gasteiger partial charge < -0.3 is 10.1 Å². The number of nitrogens with one attached hydrogen (secondary N) is 1. The van der Waals surface area contributed by atoms with Crippen LogP contribution >= 0.6 is 0 Å². The summed E-state index contributed by atoms with van der Waals surface area (Å²) in [6, 6.07) is 16.1. The van der Waals surface area contributed by atoms with Crippen LogP contribution in [0.15, 0.2) is 60.9 Å². The van der Waals surface area contributed by atoms with Gasteiger partial charge in [-0.25, -0.2) is 9.97 Å². The molecule has 0 amide bonds. The van der Waals surface area contributed by atoms with Crippen LogP contribution in [0.25, 0.3) is 17.0 Å². The van der Waals surface area contributed by atoms with Crippen LogP contribution in [0.1, 0.15) is 11.1 Å². The molecule has 0 aliphatic heterocycles. The first-order chi connectivity index (χ1) is 12.7. The van der Waals surface area contributed by atoms with Crippen LogP contribution in [0.3, 0.4) is 0 Å². The molecular weight excluding hydrogens is 324 g/mol. The highest BCUT2D eigenvalue weighted by molar-refractivity contribution is 5.79. The van der Waals surface area contributed by atoms with E-state index < -0.39 is 0 Å². The second kappa shape index (κ2) is 6.52. The lowest BCUT2D eigenvalue weighted by Gasteiger charge is -2.11. The molecule has 0 aliphatic rings. The predicted molar refractivity (Wildman–Crippen MR) is 104 cm³/mol. The van der Waals surface area contributed by atoms with E-state index in [2.05, 4.69) is 42.3 Å². The van der Waals surface area contributed by atoms with Gasteiger partial charge in [0.1, 0.15) is 17.3 Å². The molecule has 5 heteroatoms. The standard InChI is InChI=1S/C21H20N4O/c1-14-5-8-17(13-15(14)2)23-20-19(16-6-9-18(26-3)10-7-16)24-21-22-11-4-12-25(20)21/h4-13,23H,1-3H3. The zero-order valence-corrected chi connectivity index (χ0v) is 15.0. The Hall–Kier alpha value is -3.34. The predicted octanol–water partition coefficient (Wildman–Crippen LogP) is 4.77. The van der Waals surface area contributed by atoms with Gasteiger partial charge in [-0.2, -0.15) is 0 Å². The minimum absolute atomic E-state index is 0.657. The average molecular weight is 344 g/mol. The number of anilines is 2. The van der Waals surface area contributed by atoms with Crippen molar-refractivity contribution in [2.45, 2.75) is 13.8 Å². The summed E-state index contributed by atoms with van der Waals surface area (Å²) in [5.74, 6) is 2.37. The SMILES string of the molecule is COc1ccc(-c2nc3ncccn3c2Nc2ccc(C)c(C)c2)cc1. The van der Waals surface area contributed by atoms with E-state index in [1.165, 1.54) is 11.1 Å². The number of hydrogen-bond donors (Lipinski definition) is 1. The fraction of sp³-hybridized carbons (Fsp3) is 0.143. The molecule has 1 N–H and O–H groups in total. The lowest BCUT2D eigenvalue weighted by molar-refractivity contribution is 0.415. The zero-order valence-electron chi connectivity index (χ0n) is 15.0. The number of benzene rings is 2. The van der Waals surface area contributed by atoms with E-state index in [9.17, 15) is 0 Å². The maximum absolute atomic E-state index is 5.26. The van der Waals surface area contributed by atoms with E-state index in [1.54, 1.807) is 13.3 Å². The minimum Gasteiger partial charge on any atom is -0.497 e. The van der Waals surface area contributed by atoms with Crippen molar-refractivity contribution in [2.24, 2.45) is 0 Å². The van der Waals surface area contributed by atoms with Crippen molar-refractivity contribution in [3.05, 3.63) is 72.1 Å². The van der Waals surface area contributed by atoms with Crippen LogP contribution in [0.2, 0.25) is 0 Å². The van der Waals surface area contributed by atoms with Gasteiger partial charge in [0.25, 0.3) is 0 Å². The number of fused-ring (bicyclic) bond motifs is 1. The Balaban J connectivity index is 1.84. The van der Waals surface area contributed by atoms with E-state index in [0.29, 0.717) is 5.78 Å². The number of nitrogens with zero attached hydrogens (tertiary/aromatic N) is 3. The topological polar surface area (TPSA) is 51.5 Å². The number of ether oxygens (including phenoxy) is 1. The Labute approximate surface area is 152 Å². The molecule has 26 heavy (non-hydrogen) atoms. The van der Waals surface area contributed by atoms with Gasteiger partial charge in [-0.05, 0) is 67.4 Å². The molecule has 4 rings (SSSR count). The number of methoxy groups -OCH3 is 1. The summed E-state index contributed by atoms with van der Waals surface area (Å²) < 4.78 is 7.23. The summed E-state index contributed by atoms with van der Waals surface area (Å²) in [6.45, 7) is 4.22. The van der Waals surface area contributed by atoms with Crippen LogP contribution in [0, 0.1) is 13.8 Å². The Morgan fingerprint density at radius 2 is 1.81 bits per heavy atom. The lowest BCUT2D eigenvalue weighted by Crippen LogP contribution is -1.98. The van der Waals surface area contributed by atoms with Crippen molar-refractivity contribution in [1.29, 1.82) is 0 Å². The van der Waals surface area contributed by atoms with Gasteiger partial charge in [0.15, 0.2) is 0 Å². The van der Waals surface area contributed by atoms with E-state index >= 15 is 0 Å². The highest BCUT2D eigenvalue weighted by Crippen LogP contribution is 2.32. The Kier molecular flexibility index (Phi) is 4.05. The zero-order chi connectivity index (χ0) is 18.1. The Morgan fingerprint density at radius 1 is 1.00 bits per heavy atom. The van der Waals surface area contributed by atoms with Crippen molar-refractivity contribution in [1.82, 2.24) is 14.4 Å². The number of imidazole rings is 1. The van der Waals surface area contributed by atoms with E-state index in [-0.39, 0.29) is 0 Å². The Morgan fingerprint density at radius 3 is 2.54 bits per heavy atom. The van der Waals surface area contributed by atoms with Crippen molar-refractivity contribution in [2.75, 3.05) is 12.4 Å². The fourth-order valence-electron chi connectivity index (χ4n) is 2.91. The van der Waals surface area contributed by atoms with Gasteiger partial charge >= 0.3 is 0 Å². The smallest absolute Gasteiger partial charge is 0.235 e. The summed E-state index contributed by atoms with van der Waals surface area (Å²) in [4.78, 5) is 9.11. The summed E-state index contributed by atoms with van der Waals surface area (Å²) >= 11 is 0. The van der Waals surface area contributed by atoms with Gasteiger partial charge in [-0.1, -0.05) is 6.07 Å². The molecule has 4 aromatic rings. The lowest BCUT2D eigenvalue weighted by atomic mass is 10.1. The highest BCUT2D eigenvalue weighted by Gasteiger charge is 2.15. The summed E-state index contributed by atoms with van der Waals surface area (Å²) in [6.07, 6.45) is 3.71. The first-order valence-electron chi connectivity index (χ1n) is 8.47. The second-order valence-electron chi connectivity index (χ2n) is 6.25. The molecule has 0 atom stereocenters. The molecule has 0 spiro atoms. The Bertz CT molecular complexity index is 1070. The van der Waals surface area contributed by atoms with Gasteiger partial charge in [0.2, 0.25) is 5.78 Å². The summed E-state index contributed by atoms with van der Waals surface area (Å²) in [5, 5.41) is 3.52. The van der Waals surface area contributed by atoms with Crippen molar-refractivity contribution in [3.63, 3.8) is 0 Å². The van der Waals surface area contributed by atoms with Crippen LogP contribution in [0.4, 0.5) is 11.5 Å². The largest absolute Gasteiger partial charge is 0.497 e. The van der Waals surface area contributed by atoms with Crippen LogP contribution < -0.4 is 10.1 Å². The van der Waals surface area contributed by atoms with E-state index in [4.69, 9.17) is 9.72 Å². The van der Waals surface area contributed by atoms with Gasteiger partial charge in [0.05, 0.1) is 7.11 Å². The molecule has 0 saturated heterocycles. The molecule has 0 radical (unpaired) electrons. The maximum Gasteiger partial charge on any atom is 0.235 e. The molecule has 0 saturated carbocycles. The van der Waals surface area contributed by atoms with Gasteiger partial charge in [0, 0.05) is 23.6 Å². The quantitative estimate of drug-likeness (QED) is 0.580. The maximum atomic E-state index is 5.26. The molecule has 5 nitrogen and oxygen atoms in total. The van der Waals surface area contributed by atoms with Crippen molar-refractivity contribution in [3.8, 4) is 17.0 Å². The van der Waals surface area contributed by atoms with E-state index in [0.717, 1.165) is 28.5 Å². The molecule has 130 valence electrons. The third-order valence-electron chi connectivity index (χ3n) is 4.54. The second-order valence-corrected chi connectivity index (χ2v) is 6.25. The van der Waals surface area contributed by atoms with E-state index in [1.807, 2.05) is 40.9 Å². The van der Waals surface area contributed by atoms with Crippen molar-refractivity contribution >= 4 is 17.3 Å². The molecule has 2 heterocycles. The summed E-state index contributed by atoms with van der Waals surface area (Å²) in [7, 11) is 1.66. The monoisotopic (exact) mass is 344 g/mol. The average Bonchev–Trinajstić information content (AvgIpc) is 3.03. The molecule has 0 aliphatic carbocycles. The van der Waals surface area contributed by atoms with Crippen LogP contribution in [0.5, 0.6) is 5.75 Å². The molecule has 0 unspecified atom stereocenters. The fourth-order valence-corrected chi connectivity index (χ4v) is 2.91. The number of aromatic nitrogens is 3. The number of aryl methyl sites for hydroxylation is 2. The molecule has 2 aromatic carbocycles. The van der Waals surface area contributed by atoms with Crippen LogP contribution in [-0.2, 0) is 0 Å². The molecular formula is C21H20N4O. The first-order valence-corrected chi connectivity index (χ1v) is 8.47. The van der Waals surface area contributed by atoms with Gasteiger partial charge in [-0.15, -0.1) is 0 Å². The third-order valence-corrected chi connectivity index (χ3v) is 4.54. The molecule has 0 fully saturated rings. The van der Waals surface area contributed by atoms with Crippen LogP contribution in [-0.4, -0.2) is 21.5 Å². The number of rotatable bonds is 4. The van der Waals surface area contributed by atoms with Crippen molar-refractivity contribution < 1.29 is 4.74 Å². The highest BCUT2D eigenvalue weighted by atomic mass is 16.5. The number of hydrogen-bond acceptors (Lipinski definition) is 4. The third kappa shape index (κ3) is 2.88. The normalized spacial score (nSPS) is 10.9. The molecule has 0 bridgehead atoms.